The van der Waals surface area contributed by atoms with Gasteiger partial charge in [0.05, 0.1) is 5.02 Å². The molecule has 2 rings (SSSR count). The molecule has 20 heavy (non-hydrogen) atoms. The van der Waals surface area contributed by atoms with E-state index in [9.17, 15) is 5.11 Å². The maximum Gasteiger partial charge on any atom is 0.137 e. The topological polar surface area (TPSA) is 40.5 Å². The molecule has 0 spiro atoms. The van der Waals surface area contributed by atoms with Gasteiger partial charge in [-0.05, 0) is 68.1 Å². The summed E-state index contributed by atoms with van der Waals surface area (Å²) in [5, 5.41) is 19.5. The van der Waals surface area contributed by atoms with Crippen LogP contribution in [-0.2, 0) is 0 Å². The Labute approximate surface area is 129 Å². The van der Waals surface area contributed by atoms with Gasteiger partial charge in [0.1, 0.15) is 11.5 Å². The molecule has 0 saturated heterocycles. The van der Waals surface area contributed by atoms with Crippen molar-refractivity contribution < 1.29 is 10.2 Å². The van der Waals surface area contributed by atoms with Crippen LogP contribution in [0.3, 0.4) is 0 Å². The molecule has 0 unspecified atom stereocenters. The van der Waals surface area contributed by atoms with Crippen molar-refractivity contribution in [2.75, 3.05) is 0 Å². The number of benzene rings is 2. The van der Waals surface area contributed by atoms with E-state index in [1.807, 2.05) is 33.8 Å². The molecular weight excluding hydrogens is 295 g/mol. The van der Waals surface area contributed by atoms with E-state index < -0.39 is 0 Å². The summed E-state index contributed by atoms with van der Waals surface area (Å²) in [7, 11) is 0. The largest absolute Gasteiger partial charge is 0.508 e. The van der Waals surface area contributed by atoms with Gasteiger partial charge in [-0.3, -0.25) is 0 Å². The first kappa shape index (κ1) is 16.7. The quantitative estimate of drug-likeness (QED) is 0.690. The van der Waals surface area contributed by atoms with Crippen molar-refractivity contribution in [2.24, 2.45) is 0 Å². The van der Waals surface area contributed by atoms with Gasteiger partial charge in [-0.1, -0.05) is 29.3 Å². The molecule has 0 amide bonds. The molecule has 0 fully saturated rings. The van der Waals surface area contributed by atoms with E-state index in [0.29, 0.717) is 15.8 Å². The summed E-state index contributed by atoms with van der Waals surface area (Å²) in [4.78, 5) is 0. The van der Waals surface area contributed by atoms with Crippen molar-refractivity contribution in [1.82, 2.24) is 0 Å². The van der Waals surface area contributed by atoms with Crippen LogP contribution in [0.4, 0.5) is 0 Å². The van der Waals surface area contributed by atoms with Gasteiger partial charge < -0.3 is 10.2 Å². The van der Waals surface area contributed by atoms with E-state index in [-0.39, 0.29) is 5.75 Å². The highest BCUT2D eigenvalue weighted by atomic mass is 35.5. The van der Waals surface area contributed by atoms with Crippen molar-refractivity contribution in [3.05, 3.63) is 56.6 Å². The zero-order valence-corrected chi connectivity index (χ0v) is 13.5. The third-order valence-corrected chi connectivity index (χ3v) is 4.06. The fourth-order valence-electron chi connectivity index (χ4n) is 1.54. The molecule has 0 heterocycles. The van der Waals surface area contributed by atoms with E-state index in [1.165, 1.54) is 0 Å². The molecule has 0 atom stereocenters. The summed E-state index contributed by atoms with van der Waals surface area (Å²) >= 11 is 11.4. The predicted molar refractivity (Wildman–Crippen MR) is 85.2 cm³/mol. The standard InChI is InChI=1S/2C8H9ClO/c1-5-6(2)8(10)4-3-7(5)9;1-5-3-4-7(9)8(10)6(5)2/h2*3-4,10H,1-2H3. The highest BCUT2D eigenvalue weighted by molar-refractivity contribution is 6.32. The van der Waals surface area contributed by atoms with E-state index >= 15 is 0 Å². The van der Waals surface area contributed by atoms with Crippen LogP contribution in [0.1, 0.15) is 22.3 Å². The molecule has 0 radical (unpaired) electrons. The SMILES string of the molecule is Cc1c(O)ccc(Cl)c1C.Cc1ccc(Cl)c(O)c1C. The van der Waals surface area contributed by atoms with Crippen molar-refractivity contribution in [2.45, 2.75) is 27.7 Å². The molecule has 4 heteroatoms. The van der Waals surface area contributed by atoms with Crippen molar-refractivity contribution in [1.29, 1.82) is 0 Å². The lowest BCUT2D eigenvalue weighted by Crippen LogP contribution is -1.81. The molecule has 0 aliphatic carbocycles. The zero-order valence-electron chi connectivity index (χ0n) is 12.0. The van der Waals surface area contributed by atoms with Gasteiger partial charge in [0, 0.05) is 5.02 Å². The molecule has 0 bridgehead atoms. The Hall–Kier alpha value is -1.38. The predicted octanol–water partition coefficient (Wildman–Crippen LogP) is 5.32. The second-order valence-electron chi connectivity index (χ2n) is 4.65. The van der Waals surface area contributed by atoms with E-state index in [1.54, 1.807) is 18.2 Å². The summed E-state index contributed by atoms with van der Waals surface area (Å²) in [6.45, 7) is 7.51. The smallest absolute Gasteiger partial charge is 0.137 e. The number of phenolic OH excluding ortho intramolecular Hbond substituents is 2. The number of hydrogen-bond donors (Lipinski definition) is 2. The Morgan fingerprint density at radius 3 is 1.75 bits per heavy atom. The monoisotopic (exact) mass is 312 g/mol. The Bertz CT molecular complexity index is 513. The number of halogens is 2. The normalized spacial score (nSPS) is 9.90. The molecule has 0 saturated carbocycles. The van der Waals surface area contributed by atoms with E-state index in [2.05, 4.69) is 0 Å². The van der Waals surface area contributed by atoms with Gasteiger partial charge >= 0.3 is 0 Å². The van der Waals surface area contributed by atoms with Gasteiger partial charge in [0.2, 0.25) is 0 Å². The minimum atomic E-state index is 0.196. The van der Waals surface area contributed by atoms with Gasteiger partial charge in [-0.25, -0.2) is 0 Å². The Kier molecular flexibility index (Phi) is 5.73. The Morgan fingerprint density at radius 2 is 1.25 bits per heavy atom. The molecule has 2 aromatic carbocycles. The average molecular weight is 313 g/mol. The third kappa shape index (κ3) is 3.81. The Morgan fingerprint density at radius 1 is 0.700 bits per heavy atom. The fourth-order valence-corrected chi connectivity index (χ4v) is 1.95. The van der Waals surface area contributed by atoms with Crippen molar-refractivity contribution >= 4 is 23.2 Å². The van der Waals surface area contributed by atoms with Crippen LogP contribution >= 0.6 is 23.2 Å². The van der Waals surface area contributed by atoms with Crippen LogP contribution in [0.2, 0.25) is 10.0 Å². The summed E-state index contributed by atoms with van der Waals surface area (Å²) in [6, 6.07) is 6.88. The maximum atomic E-state index is 9.26. The van der Waals surface area contributed by atoms with Crippen LogP contribution in [0, 0.1) is 27.7 Å². The number of aryl methyl sites for hydroxylation is 1. The lowest BCUT2D eigenvalue weighted by atomic mass is 10.1. The molecule has 0 aliphatic heterocycles. The summed E-state index contributed by atoms with van der Waals surface area (Å²) in [6.07, 6.45) is 0. The summed E-state index contributed by atoms with van der Waals surface area (Å²) in [5.41, 5.74) is 3.71. The van der Waals surface area contributed by atoms with Crippen LogP contribution in [0.15, 0.2) is 24.3 Å². The van der Waals surface area contributed by atoms with Crippen LogP contribution in [0.5, 0.6) is 11.5 Å². The zero-order chi connectivity index (χ0) is 15.4. The van der Waals surface area contributed by atoms with Crippen LogP contribution in [0.25, 0.3) is 0 Å². The first-order valence-electron chi connectivity index (χ1n) is 6.15. The molecule has 108 valence electrons. The molecule has 0 aromatic heterocycles. The minimum absolute atomic E-state index is 0.196. The van der Waals surface area contributed by atoms with E-state index in [4.69, 9.17) is 28.3 Å². The first-order chi connectivity index (χ1) is 9.25. The average Bonchev–Trinajstić information content (AvgIpc) is 2.43. The maximum absolute atomic E-state index is 9.26. The molecule has 0 aliphatic rings. The molecule has 2 N–H and O–H groups in total. The van der Waals surface area contributed by atoms with Gasteiger partial charge in [0.25, 0.3) is 0 Å². The lowest BCUT2D eigenvalue weighted by Gasteiger charge is -2.03. The Balaban J connectivity index is 0.000000200. The van der Waals surface area contributed by atoms with Crippen molar-refractivity contribution in [3.8, 4) is 11.5 Å². The number of aromatic hydroxyl groups is 2. The lowest BCUT2D eigenvalue weighted by molar-refractivity contribution is 0.470. The molecule has 2 aromatic rings. The minimum Gasteiger partial charge on any atom is -0.508 e. The van der Waals surface area contributed by atoms with Crippen LogP contribution < -0.4 is 0 Å². The van der Waals surface area contributed by atoms with Gasteiger partial charge in [0.15, 0.2) is 0 Å². The van der Waals surface area contributed by atoms with Crippen molar-refractivity contribution in [3.63, 3.8) is 0 Å². The summed E-state index contributed by atoms with van der Waals surface area (Å²) in [5.74, 6) is 0.503. The molecular formula is C16H18Cl2O2. The van der Waals surface area contributed by atoms with Gasteiger partial charge in [-0.15, -0.1) is 0 Å². The third-order valence-electron chi connectivity index (χ3n) is 3.35. The number of hydrogen-bond acceptors (Lipinski definition) is 2. The second-order valence-corrected chi connectivity index (χ2v) is 5.47. The molecule has 2 nitrogen and oxygen atoms in total. The van der Waals surface area contributed by atoms with E-state index in [0.717, 1.165) is 22.3 Å². The fraction of sp³-hybridized carbons (Fsp3) is 0.250. The van der Waals surface area contributed by atoms with Crippen LogP contribution in [-0.4, -0.2) is 10.2 Å². The summed E-state index contributed by atoms with van der Waals surface area (Å²) < 4.78 is 0. The second kappa shape index (κ2) is 6.87. The number of rotatable bonds is 0. The first-order valence-corrected chi connectivity index (χ1v) is 6.90. The number of phenols is 2. The highest BCUT2D eigenvalue weighted by Crippen LogP contribution is 2.28. The highest BCUT2D eigenvalue weighted by Gasteiger charge is 2.02. The van der Waals surface area contributed by atoms with Gasteiger partial charge in [-0.2, -0.15) is 0 Å².